The molecule has 0 N–H and O–H groups in total. The zero-order chi connectivity index (χ0) is 23.1. The number of ether oxygens (including phenoxy) is 1. The van der Waals surface area contributed by atoms with Crippen molar-refractivity contribution in [1.82, 2.24) is 14.7 Å². The maximum atomic E-state index is 13.2. The fourth-order valence-electron chi connectivity index (χ4n) is 4.13. The third-order valence-corrected chi connectivity index (χ3v) is 7.58. The highest BCUT2D eigenvalue weighted by Crippen LogP contribution is 2.19. The van der Waals surface area contributed by atoms with E-state index in [9.17, 15) is 22.8 Å². The van der Waals surface area contributed by atoms with Crippen LogP contribution in [-0.2, 0) is 29.0 Å². The normalized spacial score (nSPS) is 19.7. The average molecular weight is 466 g/mol. The Morgan fingerprint density at radius 1 is 1.03 bits per heavy atom. The lowest BCUT2D eigenvalue weighted by molar-refractivity contribution is -0.155. The van der Waals surface area contributed by atoms with Gasteiger partial charge in [-0.15, -0.1) is 0 Å². The molecule has 2 aliphatic rings. The van der Waals surface area contributed by atoms with E-state index in [1.807, 2.05) is 4.90 Å². The molecule has 0 aliphatic carbocycles. The summed E-state index contributed by atoms with van der Waals surface area (Å²) in [4.78, 5) is 43.1. The van der Waals surface area contributed by atoms with Crippen molar-refractivity contribution in [3.05, 3.63) is 30.3 Å². The lowest BCUT2D eigenvalue weighted by Gasteiger charge is -2.41. The molecule has 10 heteroatoms. The van der Waals surface area contributed by atoms with Gasteiger partial charge in [-0.2, -0.15) is 0 Å². The molecule has 32 heavy (non-hydrogen) atoms. The van der Waals surface area contributed by atoms with E-state index in [0.717, 1.165) is 12.8 Å². The van der Waals surface area contributed by atoms with Gasteiger partial charge in [-0.1, -0.05) is 18.2 Å². The van der Waals surface area contributed by atoms with Gasteiger partial charge in [0, 0.05) is 39.3 Å². The number of carbonyl (C=O) groups excluding carboxylic acids is 3. The van der Waals surface area contributed by atoms with E-state index in [4.69, 9.17) is 4.74 Å². The van der Waals surface area contributed by atoms with Crippen LogP contribution in [0.2, 0.25) is 0 Å². The number of hydrogen-bond donors (Lipinski definition) is 0. The van der Waals surface area contributed by atoms with E-state index in [2.05, 4.69) is 0 Å². The Morgan fingerprint density at radius 2 is 1.72 bits per heavy atom. The van der Waals surface area contributed by atoms with Gasteiger partial charge in [0.05, 0.1) is 17.3 Å². The molecule has 1 aromatic carbocycles. The van der Waals surface area contributed by atoms with Crippen molar-refractivity contribution in [2.75, 3.05) is 51.6 Å². The summed E-state index contributed by atoms with van der Waals surface area (Å²) in [6.45, 7) is 4.36. The number of nitrogens with zero attached hydrogens (tertiary/aromatic N) is 3. The molecule has 1 atom stereocenters. The molecule has 2 fully saturated rings. The van der Waals surface area contributed by atoms with Crippen molar-refractivity contribution in [2.45, 2.75) is 37.1 Å². The van der Waals surface area contributed by atoms with Gasteiger partial charge in [0.1, 0.15) is 12.5 Å². The van der Waals surface area contributed by atoms with Crippen LogP contribution in [0, 0.1) is 0 Å². The zero-order valence-corrected chi connectivity index (χ0v) is 19.3. The minimum Gasteiger partial charge on any atom is -0.466 e. The molecule has 3 rings (SSSR count). The SMILES string of the molecule is CCOC(=O)CC(=O)N1CCN(CCS(=O)(=O)c2ccccc2)CC1C(=O)N1CCCC1. The molecule has 2 saturated heterocycles. The van der Waals surface area contributed by atoms with Gasteiger partial charge in [-0.25, -0.2) is 8.42 Å². The summed E-state index contributed by atoms with van der Waals surface area (Å²) in [7, 11) is -3.44. The minimum absolute atomic E-state index is 0.0710. The predicted molar refractivity (Wildman–Crippen MR) is 117 cm³/mol. The fourth-order valence-corrected chi connectivity index (χ4v) is 5.44. The highest BCUT2D eigenvalue weighted by Gasteiger charge is 2.38. The van der Waals surface area contributed by atoms with Crippen molar-refractivity contribution in [1.29, 1.82) is 0 Å². The number of amides is 2. The Bertz CT molecular complexity index is 915. The van der Waals surface area contributed by atoms with Gasteiger partial charge in [0.15, 0.2) is 9.84 Å². The van der Waals surface area contributed by atoms with Crippen LogP contribution in [0.3, 0.4) is 0 Å². The van der Waals surface area contributed by atoms with Gasteiger partial charge in [-0.3, -0.25) is 19.3 Å². The second kappa shape index (κ2) is 10.9. The number of sulfone groups is 1. The molecule has 0 aromatic heterocycles. The molecule has 9 nitrogen and oxygen atoms in total. The largest absolute Gasteiger partial charge is 0.466 e. The first-order valence-corrected chi connectivity index (χ1v) is 12.7. The smallest absolute Gasteiger partial charge is 0.315 e. The molecule has 2 aliphatic heterocycles. The number of rotatable bonds is 8. The van der Waals surface area contributed by atoms with E-state index in [1.54, 1.807) is 42.2 Å². The van der Waals surface area contributed by atoms with Crippen LogP contribution in [0.25, 0.3) is 0 Å². The van der Waals surface area contributed by atoms with Crippen LogP contribution in [0.5, 0.6) is 0 Å². The Hall–Kier alpha value is -2.46. The topological polar surface area (TPSA) is 104 Å². The Balaban J connectivity index is 1.68. The Labute approximate surface area is 189 Å². The van der Waals surface area contributed by atoms with Gasteiger partial charge in [-0.05, 0) is 31.9 Å². The van der Waals surface area contributed by atoms with E-state index >= 15 is 0 Å². The highest BCUT2D eigenvalue weighted by molar-refractivity contribution is 7.91. The maximum Gasteiger partial charge on any atom is 0.315 e. The second-order valence-corrected chi connectivity index (χ2v) is 10.2. The lowest BCUT2D eigenvalue weighted by atomic mass is 10.1. The highest BCUT2D eigenvalue weighted by atomic mass is 32.2. The van der Waals surface area contributed by atoms with Gasteiger partial charge < -0.3 is 14.5 Å². The minimum atomic E-state index is -3.44. The van der Waals surface area contributed by atoms with E-state index in [1.165, 1.54) is 4.90 Å². The number of piperazine rings is 1. The summed E-state index contributed by atoms with van der Waals surface area (Å²) in [5.74, 6) is -1.26. The molecule has 0 spiro atoms. The summed E-state index contributed by atoms with van der Waals surface area (Å²) < 4.78 is 30.2. The van der Waals surface area contributed by atoms with E-state index < -0.39 is 34.2 Å². The maximum absolute atomic E-state index is 13.2. The van der Waals surface area contributed by atoms with Crippen LogP contribution in [0.4, 0.5) is 0 Å². The standard InChI is InChI=1S/C22H31N3O6S/c1-2-31-21(27)16-20(26)25-13-12-23(17-19(25)22(28)24-10-6-7-11-24)14-15-32(29,30)18-8-4-3-5-9-18/h3-5,8-9,19H,2,6-7,10-17H2,1H3. The average Bonchev–Trinajstić information content (AvgIpc) is 3.33. The number of hydrogen-bond acceptors (Lipinski definition) is 7. The quantitative estimate of drug-likeness (QED) is 0.408. The number of esters is 1. The molecule has 0 radical (unpaired) electrons. The van der Waals surface area contributed by atoms with E-state index in [0.29, 0.717) is 19.6 Å². The van der Waals surface area contributed by atoms with Crippen molar-refractivity contribution >= 4 is 27.6 Å². The van der Waals surface area contributed by atoms with Crippen LogP contribution in [-0.4, -0.2) is 98.6 Å². The van der Waals surface area contributed by atoms with Gasteiger partial charge in [0.2, 0.25) is 11.8 Å². The predicted octanol–water partition coefficient (Wildman–Crippen LogP) is 0.549. The first kappa shape index (κ1) is 24.2. The van der Waals surface area contributed by atoms with Crippen LogP contribution in [0.1, 0.15) is 26.2 Å². The fraction of sp³-hybridized carbons (Fsp3) is 0.591. The summed E-state index contributed by atoms with van der Waals surface area (Å²) in [6, 6.07) is 7.54. The second-order valence-electron chi connectivity index (χ2n) is 8.05. The summed E-state index contributed by atoms with van der Waals surface area (Å²) in [6.07, 6.45) is 1.45. The molecule has 0 bridgehead atoms. The molecule has 1 aromatic rings. The lowest BCUT2D eigenvalue weighted by Crippen LogP contribution is -2.61. The summed E-state index contributed by atoms with van der Waals surface area (Å²) in [5.41, 5.74) is 0. The Morgan fingerprint density at radius 3 is 2.38 bits per heavy atom. The molecule has 2 heterocycles. The first-order chi connectivity index (χ1) is 15.3. The van der Waals surface area contributed by atoms with Gasteiger partial charge in [0.25, 0.3) is 0 Å². The van der Waals surface area contributed by atoms with Crippen molar-refractivity contribution in [2.24, 2.45) is 0 Å². The van der Waals surface area contributed by atoms with Crippen LogP contribution >= 0.6 is 0 Å². The Kier molecular flexibility index (Phi) is 8.25. The molecule has 176 valence electrons. The number of likely N-dealkylation sites (tertiary alicyclic amines) is 1. The third-order valence-electron chi connectivity index (χ3n) is 5.87. The van der Waals surface area contributed by atoms with Crippen LogP contribution in [0.15, 0.2) is 35.2 Å². The molecule has 2 amide bonds. The molecular formula is C22H31N3O6S. The van der Waals surface area contributed by atoms with E-state index in [-0.39, 0.29) is 42.8 Å². The first-order valence-electron chi connectivity index (χ1n) is 11.1. The number of benzene rings is 1. The number of carbonyl (C=O) groups is 3. The zero-order valence-electron chi connectivity index (χ0n) is 18.4. The third kappa shape index (κ3) is 6.07. The van der Waals surface area contributed by atoms with Crippen LogP contribution < -0.4 is 0 Å². The molecule has 0 saturated carbocycles. The molecule has 1 unspecified atom stereocenters. The van der Waals surface area contributed by atoms with Crippen molar-refractivity contribution in [3.63, 3.8) is 0 Å². The van der Waals surface area contributed by atoms with Gasteiger partial charge >= 0.3 is 5.97 Å². The summed E-state index contributed by atoms with van der Waals surface area (Å²) in [5, 5.41) is 0. The van der Waals surface area contributed by atoms with Crippen molar-refractivity contribution < 1.29 is 27.5 Å². The van der Waals surface area contributed by atoms with Crippen molar-refractivity contribution in [3.8, 4) is 0 Å². The summed E-state index contributed by atoms with van der Waals surface area (Å²) >= 11 is 0. The monoisotopic (exact) mass is 465 g/mol. The molecular weight excluding hydrogens is 434 g/mol.